The number of nitrogens with two attached hydrogens (primary N) is 2. The molecule has 1 aromatic carbocycles. The maximum Gasteiger partial charge on any atom is 0.322 e. The van der Waals surface area contributed by atoms with Crippen molar-refractivity contribution >= 4 is 27.8 Å². The van der Waals surface area contributed by atoms with E-state index in [0.29, 0.717) is 13.0 Å². The molecule has 0 aliphatic carbocycles. The van der Waals surface area contributed by atoms with Crippen molar-refractivity contribution < 1.29 is 14.3 Å². The number of carbonyl (C=O) groups excluding carboxylic acids is 2. The second kappa shape index (κ2) is 10.3. The highest BCUT2D eigenvalue weighted by atomic mass is 79.9. The largest absolute Gasteiger partial charge is 0.460 e. The van der Waals surface area contributed by atoms with Crippen molar-refractivity contribution in [3.63, 3.8) is 0 Å². The molecule has 7 nitrogen and oxygen atoms in total. The molecule has 0 heterocycles. The van der Waals surface area contributed by atoms with Crippen molar-refractivity contribution in [2.45, 2.75) is 25.5 Å². The van der Waals surface area contributed by atoms with Gasteiger partial charge in [0.2, 0.25) is 5.91 Å². The van der Waals surface area contributed by atoms with Gasteiger partial charge in [0.15, 0.2) is 0 Å². The Bertz CT molecular complexity index is 527. The number of esters is 1. The van der Waals surface area contributed by atoms with Crippen LogP contribution in [0.3, 0.4) is 0 Å². The number of nitrogens with one attached hydrogen (secondary N) is 1. The van der Waals surface area contributed by atoms with Crippen LogP contribution in [0.4, 0.5) is 0 Å². The van der Waals surface area contributed by atoms with Crippen LogP contribution in [0.25, 0.3) is 0 Å². The fraction of sp³-hybridized carbons (Fsp3) is 0.467. The van der Waals surface area contributed by atoms with Crippen molar-refractivity contribution in [2.24, 2.45) is 11.5 Å². The van der Waals surface area contributed by atoms with Gasteiger partial charge in [-0.2, -0.15) is 0 Å². The topological polar surface area (TPSA) is 111 Å². The van der Waals surface area contributed by atoms with Crippen molar-refractivity contribution in [3.05, 3.63) is 34.3 Å². The van der Waals surface area contributed by atoms with E-state index in [2.05, 4.69) is 21.4 Å². The Morgan fingerprint density at radius 2 is 2.17 bits per heavy atom. The molecule has 0 saturated carbocycles. The summed E-state index contributed by atoms with van der Waals surface area (Å²) in [4.78, 5) is 23.5. The highest BCUT2D eigenvalue weighted by Gasteiger charge is 2.13. The first kappa shape index (κ1) is 19.6. The summed E-state index contributed by atoms with van der Waals surface area (Å²) in [5, 5.41) is 1.38. The summed E-state index contributed by atoms with van der Waals surface area (Å²) in [5.41, 5.74) is 14.6. The lowest BCUT2D eigenvalue weighted by Gasteiger charge is -2.18. The molecule has 5 N–H and O–H groups in total. The molecule has 1 rings (SSSR count). The van der Waals surface area contributed by atoms with Crippen LogP contribution in [0.15, 0.2) is 28.7 Å². The van der Waals surface area contributed by atoms with Gasteiger partial charge < -0.3 is 16.2 Å². The molecule has 0 bridgehead atoms. The predicted molar refractivity (Wildman–Crippen MR) is 91.0 cm³/mol. The van der Waals surface area contributed by atoms with E-state index in [9.17, 15) is 9.59 Å². The van der Waals surface area contributed by atoms with Gasteiger partial charge >= 0.3 is 5.97 Å². The van der Waals surface area contributed by atoms with Gasteiger partial charge in [-0.25, -0.2) is 5.01 Å². The molecule has 0 spiro atoms. The molecule has 0 aromatic heterocycles. The average Bonchev–Trinajstić information content (AvgIpc) is 2.45. The number of likely N-dealkylation sites (N-methyl/N-ethyl adjacent to an activating group) is 1. The number of rotatable bonds is 9. The fourth-order valence-corrected chi connectivity index (χ4v) is 2.33. The fourth-order valence-electron chi connectivity index (χ4n) is 1.88. The van der Waals surface area contributed by atoms with Gasteiger partial charge in [0, 0.05) is 24.0 Å². The summed E-state index contributed by atoms with van der Waals surface area (Å²) in [7, 11) is 1.59. The number of halogens is 1. The monoisotopic (exact) mass is 386 g/mol. The summed E-state index contributed by atoms with van der Waals surface area (Å²) in [6.07, 6.45) is 0.737. The summed E-state index contributed by atoms with van der Waals surface area (Å²) in [6, 6.07) is 7.21. The van der Waals surface area contributed by atoms with E-state index in [4.69, 9.17) is 16.2 Å². The quantitative estimate of drug-likeness (QED) is 0.421. The number of carbonyl (C=O) groups is 2. The highest BCUT2D eigenvalue weighted by Crippen LogP contribution is 2.12. The molecule has 1 amide bonds. The molecule has 128 valence electrons. The van der Waals surface area contributed by atoms with E-state index in [1.165, 1.54) is 5.01 Å². The lowest BCUT2D eigenvalue weighted by atomic mass is 10.1. The van der Waals surface area contributed by atoms with Crippen LogP contribution in [0, 0.1) is 0 Å². The molecule has 0 unspecified atom stereocenters. The van der Waals surface area contributed by atoms with Gasteiger partial charge in [0.05, 0.1) is 0 Å². The first-order valence-electron chi connectivity index (χ1n) is 7.27. The maximum atomic E-state index is 11.7. The molecule has 8 heteroatoms. The molecule has 23 heavy (non-hydrogen) atoms. The Kier molecular flexibility index (Phi) is 8.78. The zero-order valence-electron chi connectivity index (χ0n) is 13.1. The summed E-state index contributed by atoms with van der Waals surface area (Å²) < 4.78 is 6.08. The van der Waals surface area contributed by atoms with Crippen LogP contribution >= 0.6 is 15.9 Å². The normalized spacial score (nSPS) is 12.0. The zero-order chi connectivity index (χ0) is 17.2. The maximum absolute atomic E-state index is 11.7. The molecule has 0 aliphatic heterocycles. The van der Waals surface area contributed by atoms with E-state index in [0.717, 1.165) is 10.0 Å². The summed E-state index contributed by atoms with van der Waals surface area (Å²) in [6.45, 7) is 0.569. The molecule has 0 fully saturated rings. The number of hydrogen-bond donors (Lipinski definition) is 3. The van der Waals surface area contributed by atoms with Crippen LogP contribution in [-0.2, 0) is 20.9 Å². The third kappa shape index (κ3) is 8.65. The van der Waals surface area contributed by atoms with Crippen molar-refractivity contribution in [3.8, 4) is 0 Å². The summed E-state index contributed by atoms with van der Waals surface area (Å²) in [5.74, 6) is -0.688. The molecule has 1 aromatic rings. The molecule has 0 saturated heterocycles. The minimum absolute atomic E-state index is 0.0497. The van der Waals surface area contributed by atoms with Gasteiger partial charge in [-0.1, -0.05) is 28.1 Å². The lowest BCUT2D eigenvalue weighted by Crippen LogP contribution is -2.44. The minimum atomic E-state index is -0.431. The predicted octanol–water partition coefficient (Wildman–Crippen LogP) is 0.522. The number of ether oxygens (including phenoxy) is 1. The van der Waals surface area contributed by atoms with E-state index in [1.54, 1.807) is 7.05 Å². The molecule has 1 atom stereocenters. The number of amides is 1. The van der Waals surface area contributed by atoms with Gasteiger partial charge in [-0.05, 0) is 30.7 Å². The molecular formula is C15H23BrN4O3. The smallest absolute Gasteiger partial charge is 0.322 e. The number of nitrogens with zero attached hydrogens (tertiary/aromatic N) is 1. The Balaban J connectivity index is 2.29. The highest BCUT2D eigenvalue weighted by molar-refractivity contribution is 9.10. The van der Waals surface area contributed by atoms with Gasteiger partial charge in [-0.15, -0.1) is 0 Å². The third-order valence-corrected chi connectivity index (χ3v) is 3.45. The van der Waals surface area contributed by atoms with E-state index in [-0.39, 0.29) is 31.5 Å². The van der Waals surface area contributed by atoms with Gasteiger partial charge in [0.25, 0.3) is 0 Å². The van der Waals surface area contributed by atoms with Crippen LogP contribution in [-0.4, -0.2) is 43.1 Å². The van der Waals surface area contributed by atoms with Crippen LogP contribution in [0.5, 0.6) is 0 Å². The molecule has 0 aliphatic rings. The first-order valence-corrected chi connectivity index (χ1v) is 8.06. The Morgan fingerprint density at radius 3 is 2.83 bits per heavy atom. The second-order valence-electron chi connectivity index (χ2n) is 5.22. The zero-order valence-corrected chi connectivity index (χ0v) is 14.7. The number of benzene rings is 1. The number of hydrazine groups is 1. The SMILES string of the molecule is CN(CC(=O)OCc1cccc(Br)c1)NC(=O)C[C@@H](N)CCN. The minimum Gasteiger partial charge on any atom is -0.460 e. The van der Waals surface area contributed by atoms with Gasteiger partial charge in [-0.3, -0.25) is 15.0 Å². The molecule has 0 radical (unpaired) electrons. The Morgan fingerprint density at radius 1 is 1.43 bits per heavy atom. The first-order chi connectivity index (χ1) is 10.9. The molecular weight excluding hydrogens is 364 g/mol. The second-order valence-corrected chi connectivity index (χ2v) is 6.14. The van der Waals surface area contributed by atoms with Crippen LogP contribution < -0.4 is 16.9 Å². The Labute approximate surface area is 144 Å². The van der Waals surface area contributed by atoms with E-state index >= 15 is 0 Å². The van der Waals surface area contributed by atoms with Crippen LogP contribution in [0.2, 0.25) is 0 Å². The van der Waals surface area contributed by atoms with Crippen molar-refractivity contribution in [2.75, 3.05) is 20.1 Å². The van der Waals surface area contributed by atoms with Crippen molar-refractivity contribution in [1.82, 2.24) is 10.4 Å². The van der Waals surface area contributed by atoms with E-state index < -0.39 is 5.97 Å². The Hall–Kier alpha value is -1.48. The number of hydrogen-bond acceptors (Lipinski definition) is 6. The standard InChI is InChI=1S/C15H23BrN4O3/c1-20(19-14(21)8-13(18)5-6-17)9-15(22)23-10-11-3-2-4-12(16)7-11/h2-4,7,13H,5-6,8-10,17-18H2,1H3,(H,19,21)/t13-/m0/s1. The van der Waals surface area contributed by atoms with Gasteiger partial charge in [0.1, 0.15) is 13.2 Å². The van der Waals surface area contributed by atoms with E-state index in [1.807, 2.05) is 24.3 Å². The summed E-state index contributed by atoms with van der Waals surface area (Å²) >= 11 is 3.35. The lowest BCUT2D eigenvalue weighted by molar-refractivity contribution is -0.147. The third-order valence-electron chi connectivity index (χ3n) is 2.96. The van der Waals surface area contributed by atoms with Crippen molar-refractivity contribution in [1.29, 1.82) is 0 Å². The average molecular weight is 387 g/mol. The van der Waals surface area contributed by atoms with Crippen LogP contribution in [0.1, 0.15) is 18.4 Å².